The third kappa shape index (κ3) is 6.65. The molecule has 0 amide bonds. The first kappa shape index (κ1) is 31.7. The van der Waals surface area contributed by atoms with Crippen LogP contribution in [0.3, 0.4) is 0 Å². The molecule has 6 rings (SSSR count). The van der Waals surface area contributed by atoms with Crippen LogP contribution in [0.5, 0.6) is 11.5 Å². The molecule has 12 heteroatoms. The molecule has 1 saturated heterocycles. The van der Waals surface area contributed by atoms with E-state index in [-0.39, 0.29) is 33.7 Å². The zero-order valence-electron chi connectivity index (χ0n) is 24.7. The zero-order chi connectivity index (χ0) is 31.6. The average molecular weight is 670 g/mol. The number of nitrogens with zero attached hydrogens (tertiary/aromatic N) is 3. The number of hydrogen-bond donors (Lipinski definition) is 1. The molecule has 0 bridgehead atoms. The van der Waals surface area contributed by atoms with Crippen molar-refractivity contribution >= 4 is 45.3 Å². The molecular weight excluding hydrogens is 637 g/mol. The summed E-state index contributed by atoms with van der Waals surface area (Å²) in [5.74, 6) is 1.12. The summed E-state index contributed by atoms with van der Waals surface area (Å²) in [7, 11) is -3.99. The minimum atomic E-state index is -3.99. The summed E-state index contributed by atoms with van der Waals surface area (Å²) >= 11 is 5.93. The maximum absolute atomic E-state index is 16.0. The largest absolute Gasteiger partial charge is 0.454 e. The molecular formula is C33H33F2N3O4S3. The van der Waals surface area contributed by atoms with Crippen LogP contribution in [-0.2, 0) is 21.2 Å². The van der Waals surface area contributed by atoms with E-state index in [0.717, 1.165) is 34.6 Å². The van der Waals surface area contributed by atoms with Gasteiger partial charge < -0.3 is 9.47 Å². The van der Waals surface area contributed by atoms with Crippen molar-refractivity contribution in [1.82, 2.24) is 13.8 Å². The van der Waals surface area contributed by atoms with E-state index >= 15 is 8.78 Å². The molecule has 7 nitrogen and oxygen atoms in total. The molecule has 0 aliphatic carbocycles. The van der Waals surface area contributed by atoms with Crippen molar-refractivity contribution in [2.24, 2.45) is 0 Å². The second-order valence-corrected chi connectivity index (χ2v) is 14.3. The second kappa shape index (κ2) is 13.6. The summed E-state index contributed by atoms with van der Waals surface area (Å²) in [6.07, 6.45) is 6.29. The van der Waals surface area contributed by atoms with Gasteiger partial charge in [-0.2, -0.15) is 29.5 Å². The molecule has 1 atom stereocenters. The molecule has 3 heterocycles. The van der Waals surface area contributed by atoms with E-state index in [9.17, 15) is 8.42 Å². The van der Waals surface area contributed by atoms with Gasteiger partial charge in [0, 0.05) is 47.3 Å². The van der Waals surface area contributed by atoms with Gasteiger partial charge in [0.1, 0.15) is 17.8 Å². The summed E-state index contributed by atoms with van der Waals surface area (Å²) in [6, 6.07) is 15.3. The van der Waals surface area contributed by atoms with Gasteiger partial charge >= 0.3 is 0 Å². The first-order valence-electron chi connectivity index (χ1n) is 14.7. The number of fused-ring (bicyclic) bond motifs is 1. The lowest BCUT2D eigenvalue weighted by Gasteiger charge is -2.22. The number of hydrogen-bond acceptors (Lipinski definition) is 7. The molecule has 1 fully saturated rings. The lowest BCUT2D eigenvalue weighted by atomic mass is 10.1. The predicted molar refractivity (Wildman–Crippen MR) is 177 cm³/mol. The zero-order valence-corrected chi connectivity index (χ0v) is 27.2. The first-order chi connectivity index (χ1) is 21.8. The van der Waals surface area contributed by atoms with E-state index in [2.05, 4.69) is 17.7 Å². The van der Waals surface area contributed by atoms with Crippen LogP contribution < -0.4 is 4.74 Å². The van der Waals surface area contributed by atoms with Crippen LogP contribution in [0.25, 0.3) is 22.2 Å². The van der Waals surface area contributed by atoms with E-state index in [1.54, 1.807) is 46.9 Å². The molecule has 236 valence electrons. The van der Waals surface area contributed by atoms with Crippen LogP contribution in [-0.4, -0.2) is 46.0 Å². The number of thiol groups is 1. The van der Waals surface area contributed by atoms with Crippen LogP contribution in [0.2, 0.25) is 0 Å². The van der Waals surface area contributed by atoms with E-state index < -0.39 is 21.7 Å². The number of halogens is 2. The topological polar surface area (TPSA) is 75.3 Å². The maximum Gasteiger partial charge on any atom is 0.268 e. The van der Waals surface area contributed by atoms with Crippen molar-refractivity contribution in [1.29, 1.82) is 0 Å². The van der Waals surface area contributed by atoms with Gasteiger partial charge in [0.25, 0.3) is 10.0 Å². The molecule has 3 aromatic carbocycles. The molecule has 1 unspecified atom stereocenters. The number of aryl methyl sites for hydroxylation is 2. The molecule has 0 N–H and O–H groups in total. The van der Waals surface area contributed by atoms with Crippen molar-refractivity contribution < 1.29 is 26.7 Å². The normalized spacial score (nSPS) is 15.5. The van der Waals surface area contributed by atoms with Crippen molar-refractivity contribution in [3.05, 3.63) is 95.8 Å². The number of aromatic nitrogens is 3. The van der Waals surface area contributed by atoms with Crippen LogP contribution in [0, 0.1) is 18.6 Å². The van der Waals surface area contributed by atoms with Gasteiger partial charge in [-0.1, -0.05) is 17.7 Å². The number of ether oxygens (including phenoxy) is 2. The second-order valence-electron chi connectivity index (χ2n) is 10.9. The minimum Gasteiger partial charge on any atom is -0.454 e. The third-order valence-electron chi connectivity index (χ3n) is 7.77. The van der Waals surface area contributed by atoms with Gasteiger partial charge in [-0.15, -0.1) is 0 Å². The van der Waals surface area contributed by atoms with E-state index in [1.165, 1.54) is 42.6 Å². The number of benzene rings is 3. The highest BCUT2D eigenvalue weighted by molar-refractivity contribution is 7.99. The summed E-state index contributed by atoms with van der Waals surface area (Å²) in [5, 5.41) is 5.11. The van der Waals surface area contributed by atoms with Gasteiger partial charge in [0.2, 0.25) is 0 Å². The Morgan fingerprint density at radius 2 is 1.84 bits per heavy atom. The lowest BCUT2D eigenvalue weighted by Crippen LogP contribution is -2.18. The molecule has 1 aliphatic rings. The highest BCUT2D eigenvalue weighted by atomic mass is 32.2. The highest BCUT2D eigenvalue weighted by Crippen LogP contribution is 2.38. The predicted octanol–water partition coefficient (Wildman–Crippen LogP) is 8.03. The maximum atomic E-state index is 16.0. The SMILES string of the molecule is Cc1ccc(S(=O)(=O)n2ccc3c(CCSCCS)c(Oc4ccc(F)c(-c5ccn(C6CCCCO6)n5)c4)c(F)cc32)cc1. The molecule has 45 heavy (non-hydrogen) atoms. The lowest BCUT2D eigenvalue weighted by molar-refractivity contribution is -0.0393. The van der Waals surface area contributed by atoms with E-state index in [4.69, 9.17) is 9.47 Å². The first-order valence-corrected chi connectivity index (χ1v) is 18.0. The van der Waals surface area contributed by atoms with Gasteiger partial charge in [-0.3, -0.25) is 0 Å². The summed E-state index contributed by atoms with van der Waals surface area (Å²) < 4.78 is 72.9. The number of thioether (sulfide) groups is 1. The van der Waals surface area contributed by atoms with Gasteiger partial charge in [0.15, 0.2) is 11.6 Å². The highest BCUT2D eigenvalue weighted by Gasteiger charge is 2.25. The van der Waals surface area contributed by atoms with Crippen molar-refractivity contribution in [2.75, 3.05) is 23.9 Å². The Labute approximate surface area is 271 Å². The fourth-order valence-electron chi connectivity index (χ4n) is 5.46. The van der Waals surface area contributed by atoms with Crippen LogP contribution >= 0.6 is 24.4 Å². The van der Waals surface area contributed by atoms with Gasteiger partial charge in [-0.05, 0) is 86.6 Å². The minimum absolute atomic E-state index is 0.0295. The quantitative estimate of drug-likeness (QED) is 0.113. The van der Waals surface area contributed by atoms with E-state index in [1.807, 2.05) is 6.92 Å². The van der Waals surface area contributed by atoms with Crippen molar-refractivity contribution in [2.45, 2.75) is 43.7 Å². The van der Waals surface area contributed by atoms with E-state index in [0.29, 0.717) is 41.2 Å². The fraction of sp³-hybridized carbons (Fsp3) is 0.303. The van der Waals surface area contributed by atoms with Crippen LogP contribution in [0.15, 0.2) is 78.0 Å². The Morgan fingerprint density at radius 1 is 1.02 bits per heavy atom. The molecule has 0 radical (unpaired) electrons. The fourth-order valence-corrected chi connectivity index (χ4v) is 7.87. The molecule has 0 saturated carbocycles. The number of rotatable bonds is 11. The Bertz CT molecular complexity index is 1920. The van der Waals surface area contributed by atoms with Gasteiger partial charge in [0.05, 0.1) is 16.1 Å². The van der Waals surface area contributed by atoms with Gasteiger partial charge in [-0.25, -0.2) is 25.9 Å². The summed E-state index contributed by atoms with van der Waals surface area (Å²) in [5.41, 5.74) is 2.29. The standard InChI is InChI=1S/C33H33F2N3O4S3/c1-22-5-8-24(9-6-22)45(39,40)38-15-11-25-26(13-18-44-19-17-43)33(29(35)21-31(25)38)42-23-7-10-28(34)27(20-23)30-12-14-37(36-30)32-4-2-3-16-41-32/h5-12,14-15,20-21,32,43H,2-4,13,16-19H2,1H3. The monoisotopic (exact) mass is 669 g/mol. The Balaban J connectivity index is 1.37. The summed E-state index contributed by atoms with van der Waals surface area (Å²) in [4.78, 5) is 0.105. The molecule has 1 aliphatic heterocycles. The summed E-state index contributed by atoms with van der Waals surface area (Å²) in [6.45, 7) is 2.53. The Morgan fingerprint density at radius 3 is 2.60 bits per heavy atom. The van der Waals surface area contributed by atoms with Crippen LogP contribution in [0.4, 0.5) is 8.78 Å². The molecule has 5 aromatic rings. The Hall–Kier alpha value is -3.32. The van der Waals surface area contributed by atoms with Crippen molar-refractivity contribution in [3.63, 3.8) is 0 Å². The Kier molecular flexibility index (Phi) is 9.55. The average Bonchev–Trinajstić information content (AvgIpc) is 3.70. The van der Waals surface area contributed by atoms with Crippen LogP contribution in [0.1, 0.15) is 36.6 Å². The van der Waals surface area contributed by atoms with Crippen molar-refractivity contribution in [3.8, 4) is 22.8 Å². The molecule has 2 aromatic heterocycles. The third-order valence-corrected chi connectivity index (χ3v) is 11.0. The molecule has 0 spiro atoms. The smallest absolute Gasteiger partial charge is 0.268 e.